The number of para-hydroxylation sites is 1. The Morgan fingerprint density at radius 2 is 2.04 bits per heavy atom. The van der Waals surface area contributed by atoms with E-state index in [1.165, 1.54) is 0 Å². The number of hydrogen-bond donors (Lipinski definition) is 0. The van der Waals surface area contributed by atoms with Crippen molar-refractivity contribution in [3.05, 3.63) is 24.3 Å². The van der Waals surface area contributed by atoms with Crippen molar-refractivity contribution in [2.75, 3.05) is 33.7 Å². The molecule has 2 aliphatic heterocycles. The SMILES string of the molecule is CN(C)C(=O)N1CC[C@H]2CN(C(=O)CCn3nnc4ccccc43)C[C@H]21. The third-order valence-electron chi connectivity index (χ3n) is 5.49. The summed E-state index contributed by atoms with van der Waals surface area (Å²) in [5, 5.41) is 8.27. The molecule has 0 N–H and O–H groups in total. The van der Waals surface area contributed by atoms with E-state index < -0.39 is 0 Å². The van der Waals surface area contributed by atoms with Crippen molar-refractivity contribution in [1.29, 1.82) is 0 Å². The van der Waals surface area contributed by atoms with Gasteiger partial charge in [-0.05, 0) is 18.6 Å². The van der Waals surface area contributed by atoms with Crippen molar-refractivity contribution in [3.63, 3.8) is 0 Å². The molecular weight excluding hydrogens is 332 g/mol. The molecule has 8 heteroatoms. The highest BCUT2D eigenvalue weighted by Gasteiger charge is 2.44. The molecule has 26 heavy (non-hydrogen) atoms. The van der Waals surface area contributed by atoms with Gasteiger partial charge in [-0.25, -0.2) is 9.48 Å². The maximum atomic E-state index is 12.7. The third kappa shape index (κ3) is 2.89. The van der Waals surface area contributed by atoms with Crippen LogP contribution >= 0.6 is 0 Å². The van der Waals surface area contributed by atoms with Crippen LogP contribution in [0, 0.1) is 5.92 Å². The van der Waals surface area contributed by atoms with E-state index in [-0.39, 0.29) is 18.0 Å². The number of aryl methyl sites for hydroxylation is 1. The lowest BCUT2D eigenvalue weighted by atomic mass is 10.1. The summed E-state index contributed by atoms with van der Waals surface area (Å²) in [7, 11) is 3.55. The molecule has 4 rings (SSSR count). The van der Waals surface area contributed by atoms with Gasteiger partial charge in [-0.2, -0.15) is 0 Å². The maximum Gasteiger partial charge on any atom is 0.319 e. The average Bonchev–Trinajstić information content (AvgIpc) is 3.32. The second-order valence-electron chi connectivity index (χ2n) is 7.34. The highest BCUT2D eigenvalue weighted by Crippen LogP contribution is 2.32. The van der Waals surface area contributed by atoms with Gasteiger partial charge in [-0.15, -0.1) is 5.10 Å². The van der Waals surface area contributed by atoms with Gasteiger partial charge in [0.15, 0.2) is 0 Å². The number of amides is 3. The molecule has 1 aromatic heterocycles. The number of carbonyl (C=O) groups excluding carboxylic acids is 2. The Kier molecular flexibility index (Phi) is 4.26. The molecule has 0 spiro atoms. The van der Waals surface area contributed by atoms with Crippen LogP contribution in [0.3, 0.4) is 0 Å². The molecule has 2 aromatic rings. The molecule has 3 amide bonds. The molecule has 0 unspecified atom stereocenters. The molecule has 2 fully saturated rings. The smallest absolute Gasteiger partial charge is 0.319 e. The van der Waals surface area contributed by atoms with Crippen LogP contribution in [0.2, 0.25) is 0 Å². The summed E-state index contributed by atoms with van der Waals surface area (Å²) < 4.78 is 1.78. The minimum Gasteiger partial charge on any atom is -0.340 e. The zero-order valence-electron chi connectivity index (χ0n) is 15.2. The number of likely N-dealkylation sites (tertiary alicyclic amines) is 2. The summed E-state index contributed by atoms with van der Waals surface area (Å²) in [5.41, 5.74) is 1.79. The van der Waals surface area contributed by atoms with Crippen LogP contribution in [-0.2, 0) is 11.3 Å². The number of nitrogens with zero attached hydrogens (tertiary/aromatic N) is 6. The van der Waals surface area contributed by atoms with Gasteiger partial charge in [-0.1, -0.05) is 17.3 Å². The summed E-state index contributed by atoms with van der Waals surface area (Å²) >= 11 is 0. The predicted molar refractivity (Wildman–Crippen MR) is 96.4 cm³/mol. The molecule has 8 nitrogen and oxygen atoms in total. The molecule has 3 heterocycles. The normalized spacial score (nSPS) is 22.1. The predicted octanol–water partition coefficient (Wildman–Crippen LogP) is 1.04. The lowest BCUT2D eigenvalue weighted by molar-refractivity contribution is -0.130. The summed E-state index contributed by atoms with van der Waals surface area (Å²) in [6, 6.07) is 7.95. The summed E-state index contributed by atoms with van der Waals surface area (Å²) in [5.74, 6) is 0.520. The van der Waals surface area contributed by atoms with Crippen molar-refractivity contribution in [3.8, 4) is 0 Å². The first-order valence-electron chi connectivity index (χ1n) is 9.08. The Morgan fingerprint density at radius 1 is 1.23 bits per heavy atom. The van der Waals surface area contributed by atoms with Gasteiger partial charge in [0.25, 0.3) is 0 Å². The zero-order chi connectivity index (χ0) is 18.3. The lowest BCUT2D eigenvalue weighted by Gasteiger charge is -2.27. The van der Waals surface area contributed by atoms with Crippen LogP contribution in [-0.4, -0.2) is 81.4 Å². The van der Waals surface area contributed by atoms with E-state index in [1.54, 1.807) is 23.7 Å². The first kappa shape index (κ1) is 16.8. The number of carbonyl (C=O) groups is 2. The van der Waals surface area contributed by atoms with Crippen LogP contribution < -0.4 is 0 Å². The van der Waals surface area contributed by atoms with Gasteiger partial charge in [-0.3, -0.25) is 4.79 Å². The van der Waals surface area contributed by atoms with Gasteiger partial charge in [0.05, 0.1) is 18.1 Å². The Labute approximate surface area is 152 Å². The molecule has 2 aliphatic rings. The average molecular weight is 356 g/mol. The quantitative estimate of drug-likeness (QED) is 0.823. The molecule has 2 saturated heterocycles. The molecule has 0 bridgehead atoms. The van der Waals surface area contributed by atoms with Crippen LogP contribution in [0.5, 0.6) is 0 Å². The highest BCUT2D eigenvalue weighted by atomic mass is 16.2. The van der Waals surface area contributed by atoms with Crippen molar-refractivity contribution in [1.82, 2.24) is 29.7 Å². The van der Waals surface area contributed by atoms with E-state index in [9.17, 15) is 9.59 Å². The molecule has 138 valence electrons. The fraction of sp³-hybridized carbons (Fsp3) is 0.556. The largest absolute Gasteiger partial charge is 0.340 e. The minimum atomic E-state index is 0.0425. The van der Waals surface area contributed by atoms with Crippen molar-refractivity contribution in [2.45, 2.75) is 25.4 Å². The fourth-order valence-corrected chi connectivity index (χ4v) is 4.10. The molecule has 1 aromatic carbocycles. The molecule has 0 saturated carbocycles. The van der Waals surface area contributed by atoms with Gasteiger partial charge < -0.3 is 14.7 Å². The van der Waals surface area contributed by atoms with Gasteiger partial charge in [0.2, 0.25) is 5.91 Å². The summed E-state index contributed by atoms with van der Waals surface area (Å²) in [6.07, 6.45) is 1.37. The molecule has 0 aliphatic carbocycles. The van der Waals surface area contributed by atoms with Crippen molar-refractivity contribution < 1.29 is 9.59 Å². The van der Waals surface area contributed by atoms with Crippen molar-refractivity contribution in [2.24, 2.45) is 5.92 Å². The number of urea groups is 1. The zero-order valence-corrected chi connectivity index (χ0v) is 15.2. The van der Waals surface area contributed by atoms with Crippen LogP contribution in [0.25, 0.3) is 11.0 Å². The Morgan fingerprint density at radius 3 is 2.85 bits per heavy atom. The first-order valence-corrected chi connectivity index (χ1v) is 9.08. The number of rotatable bonds is 3. The fourth-order valence-electron chi connectivity index (χ4n) is 4.10. The van der Waals surface area contributed by atoms with E-state index in [0.717, 1.165) is 30.5 Å². The number of hydrogen-bond acceptors (Lipinski definition) is 4. The van der Waals surface area contributed by atoms with Gasteiger partial charge >= 0.3 is 6.03 Å². The molecular formula is C18H24N6O2. The van der Waals surface area contributed by atoms with Gasteiger partial charge in [0.1, 0.15) is 5.52 Å². The van der Waals surface area contributed by atoms with E-state index in [2.05, 4.69) is 10.3 Å². The van der Waals surface area contributed by atoms with E-state index in [4.69, 9.17) is 0 Å². The first-order chi connectivity index (χ1) is 12.5. The number of aromatic nitrogens is 3. The van der Waals surface area contributed by atoms with E-state index in [0.29, 0.717) is 25.4 Å². The van der Waals surface area contributed by atoms with E-state index >= 15 is 0 Å². The summed E-state index contributed by atoms with van der Waals surface area (Å²) in [4.78, 5) is 30.4. The number of benzene rings is 1. The van der Waals surface area contributed by atoms with Crippen LogP contribution in [0.15, 0.2) is 24.3 Å². The van der Waals surface area contributed by atoms with Crippen molar-refractivity contribution >= 4 is 23.0 Å². The van der Waals surface area contributed by atoms with Crippen LogP contribution in [0.1, 0.15) is 12.8 Å². The Balaban J connectivity index is 1.37. The number of fused-ring (bicyclic) bond motifs is 2. The lowest BCUT2D eigenvalue weighted by Crippen LogP contribution is -2.45. The second kappa shape index (κ2) is 6.59. The Hall–Kier alpha value is -2.64. The second-order valence-corrected chi connectivity index (χ2v) is 7.34. The highest BCUT2D eigenvalue weighted by molar-refractivity contribution is 5.78. The minimum absolute atomic E-state index is 0.0425. The maximum absolute atomic E-state index is 12.7. The molecule has 2 atom stereocenters. The van der Waals surface area contributed by atoms with Gasteiger partial charge in [0, 0.05) is 46.1 Å². The molecule has 0 radical (unpaired) electrons. The monoisotopic (exact) mass is 356 g/mol. The third-order valence-corrected chi connectivity index (χ3v) is 5.49. The summed E-state index contributed by atoms with van der Waals surface area (Å²) in [6.45, 7) is 2.70. The van der Waals surface area contributed by atoms with E-state index in [1.807, 2.05) is 34.1 Å². The van der Waals surface area contributed by atoms with Crippen LogP contribution in [0.4, 0.5) is 4.79 Å². The Bertz CT molecular complexity index is 832. The topological polar surface area (TPSA) is 74.6 Å². The standard InChI is InChI=1S/C18H24N6O2/c1-21(2)18(26)23-9-7-13-11-22(12-16(13)23)17(25)8-10-24-15-6-4-3-5-14(15)19-20-24/h3-6,13,16H,7-12H2,1-2H3/t13-,16+/m0/s1.